The van der Waals surface area contributed by atoms with Gasteiger partial charge in [0.05, 0.1) is 24.5 Å². The summed E-state index contributed by atoms with van der Waals surface area (Å²) < 4.78 is 33.8. The Hall–Kier alpha value is -1.89. The van der Waals surface area contributed by atoms with E-state index >= 15 is 0 Å². The summed E-state index contributed by atoms with van der Waals surface area (Å²) in [5, 5.41) is 0.527. The first-order chi connectivity index (χ1) is 12.6. The largest absolute Gasteiger partial charge is 0.469 e. The number of aryl methyl sites for hydroxylation is 2. The molecule has 0 unspecified atom stereocenters. The van der Waals surface area contributed by atoms with Crippen LogP contribution in [0.2, 0.25) is 5.02 Å². The molecule has 0 heterocycles. The molecule has 0 aliphatic carbocycles. The normalized spacial score (nSPS) is 12.7. The molecule has 0 bridgehead atoms. The quantitative estimate of drug-likeness (QED) is 0.727. The molecule has 0 aromatic heterocycles. The molecule has 0 amide bonds. The van der Waals surface area contributed by atoms with Crippen LogP contribution in [0.3, 0.4) is 0 Å². The van der Waals surface area contributed by atoms with E-state index in [0.717, 1.165) is 11.1 Å². The van der Waals surface area contributed by atoms with Gasteiger partial charge in [0.25, 0.3) is 0 Å². The molecule has 0 fully saturated rings. The van der Waals surface area contributed by atoms with E-state index in [1.54, 1.807) is 38.1 Å². The highest BCUT2D eigenvalue weighted by atomic mass is 35.5. The van der Waals surface area contributed by atoms with Crippen molar-refractivity contribution in [2.45, 2.75) is 45.1 Å². The van der Waals surface area contributed by atoms with E-state index in [1.807, 2.05) is 19.9 Å². The number of nitrogens with one attached hydrogen (secondary N) is 1. The van der Waals surface area contributed by atoms with Gasteiger partial charge in [0.2, 0.25) is 10.0 Å². The number of carbonyl (C=O) groups is 1. The van der Waals surface area contributed by atoms with E-state index in [2.05, 4.69) is 4.72 Å². The minimum Gasteiger partial charge on any atom is -0.469 e. The van der Waals surface area contributed by atoms with Crippen LogP contribution < -0.4 is 4.72 Å². The molecule has 2 aromatic carbocycles. The maximum atomic E-state index is 13.2. The Balaban J connectivity index is 2.50. The van der Waals surface area contributed by atoms with Crippen LogP contribution in [-0.2, 0) is 19.6 Å². The van der Waals surface area contributed by atoms with Crippen molar-refractivity contribution in [1.29, 1.82) is 0 Å². The fourth-order valence-electron chi connectivity index (χ4n) is 3.00. The molecule has 0 aliphatic rings. The van der Waals surface area contributed by atoms with Crippen molar-refractivity contribution in [2.75, 3.05) is 7.11 Å². The molecule has 146 valence electrons. The Morgan fingerprint density at radius 2 is 1.59 bits per heavy atom. The van der Waals surface area contributed by atoms with Crippen LogP contribution in [0.15, 0.2) is 35.2 Å². The third-order valence-electron chi connectivity index (χ3n) is 4.73. The zero-order valence-electron chi connectivity index (χ0n) is 16.1. The molecule has 0 saturated carbocycles. The first-order valence-corrected chi connectivity index (χ1v) is 10.3. The molecule has 2 rings (SSSR count). The van der Waals surface area contributed by atoms with Crippen LogP contribution in [0.5, 0.6) is 0 Å². The molecule has 5 nitrogen and oxygen atoms in total. The highest BCUT2D eigenvalue weighted by molar-refractivity contribution is 7.89. The SMILES string of the molecule is COC(=O)C[C@@H](NS(=O)(=O)c1c(C)c(C)cc(C)c1C)c1ccc(Cl)cc1. The van der Waals surface area contributed by atoms with Gasteiger partial charge in [-0.2, -0.15) is 0 Å². The van der Waals surface area contributed by atoms with E-state index in [-0.39, 0.29) is 11.3 Å². The van der Waals surface area contributed by atoms with Gasteiger partial charge >= 0.3 is 5.97 Å². The molecule has 0 radical (unpaired) electrons. The average molecular weight is 410 g/mol. The number of hydrogen-bond donors (Lipinski definition) is 1. The van der Waals surface area contributed by atoms with Gasteiger partial charge in [-0.25, -0.2) is 13.1 Å². The number of benzene rings is 2. The van der Waals surface area contributed by atoms with Crippen LogP contribution in [0.4, 0.5) is 0 Å². The highest BCUT2D eigenvalue weighted by Crippen LogP contribution is 2.29. The Kier molecular flexibility index (Phi) is 6.68. The average Bonchev–Trinajstić information content (AvgIpc) is 2.59. The lowest BCUT2D eigenvalue weighted by atomic mass is 10.0. The number of hydrogen-bond acceptors (Lipinski definition) is 4. The van der Waals surface area contributed by atoms with Crippen molar-refractivity contribution in [2.24, 2.45) is 0 Å². The minimum atomic E-state index is -3.87. The second-order valence-electron chi connectivity index (χ2n) is 6.60. The number of sulfonamides is 1. The van der Waals surface area contributed by atoms with Crippen molar-refractivity contribution in [3.8, 4) is 0 Å². The minimum absolute atomic E-state index is 0.125. The zero-order valence-corrected chi connectivity index (χ0v) is 17.7. The third kappa shape index (κ3) is 4.89. The summed E-state index contributed by atoms with van der Waals surface area (Å²) in [6.45, 7) is 7.33. The lowest BCUT2D eigenvalue weighted by molar-refractivity contribution is -0.141. The molecular weight excluding hydrogens is 386 g/mol. The Labute approximate surface area is 165 Å². The fraction of sp³-hybridized carbons (Fsp3) is 0.350. The summed E-state index contributed by atoms with van der Waals surface area (Å²) in [7, 11) is -2.60. The van der Waals surface area contributed by atoms with Crippen molar-refractivity contribution < 1.29 is 17.9 Å². The van der Waals surface area contributed by atoms with E-state index in [9.17, 15) is 13.2 Å². The maximum Gasteiger partial charge on any atom is 0.307 e. The summed E-state index contributed by atoms with van der Waals surface area (Å²) in [5.74, 6) is -0.508. The Morgan fingerprint density at radius 1 is 1.07 bits per heavy atom. The van der Waals surface area contributed by atoms with Gasteiger partial charge in [0.1, 0.15) is 0 Å². The van der Waals surface area contributed by atoms with Crippen molar-refractivity contribution >= 4 is 27.6 Å². The maximum absolute atomic E-state index is 13.2. The van der Waals surface area contributed by atoms with Gasteiger partial charge < -0.3 is 4.74 Å². The van der Waals surface area contributed by atoms with Gasteiger partial charge in [-0.3, -0.25) is 4.79 Å². The van der Waals surface area contributed by atoms with Gasteiger partial charge in [0, 0.05) is 5.02 Å². The predicted molar refractivity (Wildman–Crippen MR) is 107 cm³/mol. The number of esters is 1. The number of carbonyl (C=O) groups excluding carboxylic acids is 1. The first kappa shape index (κ1) is 21.4. The molecule has 1 N–H and O–H groups in total. The molecule has 0 spiro atoms. The molecule has 0 aliphatic heterocycles. The van der Waals surface area contributed by atoms with Crippen molar-refractivity contribution in [1.82, 2.24) is 4.72 Å². The smallest absolute Gasteiger partial charge is 0.307 e. The third-order valence-corrected chi connectivity index (χ3v) is 6.73. The number of methoxy groups -OCH3 is 1. The van der Waals surface area contributed by atoms with Gasteiger partial charge in [0.15, 0.2) is 0 Å². The zero-order chi connectivity index (χ0) is 20.4. The van der Waals surface area contributed by atoms with E-state index in [0.29, 0.717) is 21.7 Å². The highest BCUT2D eigenvalue weighted by Gasteiger charge is 2.27. The lowest BCUT2D eigenvalue weighted by Gasteiger charge is -2.21. The molecule has 7 heteroatoms. The standard InChI is InChI=1S/C20H24ClNO4S/c1-12-10-13(2)15(4)20(14(12)3)27(24,25)22-18(11-19(23)26-5)16-6-8-17(21)9-7-16/h6-10,18,22H,11H2,1-5H3/t18-/m1/s1. The van der Waals surface area contributed by atoms with E-state index < -0.39 is 22.0 Å². The summed E-state index contributed by atoms with van der Waals surface area (Å²) in [5.41, 5.74) is 3.81. The summed E-state index contributed by atoms with van der Waals surface area (Å²) in [4.78, 5) is 12.1. The number of halogens is 1. The van der Waals surface area contributed by atoms with Crippen molar-refractivity contribution in [3.05, 3.63) is 63.2 Å². The second-order valence-corrected chi connectivity index (χ2v) is 8.68. The molecule has 27 heavy (non-hydrogen) atoms. The predicted octanol–water partition coefficient (Wildman–Crippen LogP) is 4.16. The van der Waals surface area contributed by atoms with Crippen molar-refractivity contribution in [3.63, 3.8) is 0 Å². The van der Waals surface area contributed by atoms with Crippen LogP contribution in [0.25, 0.3) is 0 Å². The van der Waals surface area contributed by atoms with Gasteiger partial charge in [-0.1, -0.05) is 29.8 Å². The molecule has 0 saturated heterocycles. The van der Waals surface area contributed by atoms with Gasteiger partial charge in [-0.05, 0) is 67.6 Å². The van der Waals surface area contributed by atoms with Crippen LogP contribution in [0, 0.1) is 27.7 Å². The first-order valence-electron chi connectivity index (χ1n) is 8.48. The van der Waals surface area contributed by atoms with Crippen LogP contribution >= 0.6 is 11.6 Å². The van der Waals surface area contributed by atoms with Gasteiger partial charge in [-0.15, -0.1) is 0 Å². The van der Waals surface area contributed by atoms with Crippen LogP contribution in [0.1, 0.15) is 40.3 Å². The fourth-order valence-corrected chi connectivity index (χ4v) is 4.97. The second kappa shape index (κ2) is 8.42. The lowest BCUT2D eigenvalue weighted by Crippen LogP contribution is -2.31. The molecular formula is C20H24ClNO4S. The molecule has 2 aromatic rings. The number of rotatable bonds is 6. The Bertz CT molecular complexity index is 927. The van der Waals surface area contributed by atoms with E-state index in [4.69, 9.17) is 16.3 Å². The van der Waals surface area contributed by atoms with E-state index in [1.165, 1.54) is 7.11 Å². The monoisotopic (exact) mass is 409 g/mol. The summed E-state index contributed by atoms with van der Waals surface area (Å²) in [6.07, 6.45) is -0.125. The number of ether oxygens (including phenoxy) is 1. The topological polar surface area (TPSA) is 72.5 Å². The summed E-state index contributed by atoms with van der Waals surface area (Å²) >= 11 is 5.92. The van der Waals surface area contributed by atoms with Crippen LogP contribution in [-0.4, -0.2) is 21.5 Å². The summed E-state index contributed by atoms with van der Waals surface area (Å²) in [6, 6.07) is 7.90. The molecule has 1 atom stereocenters. The Morgan fingerprint density at radius 3 is 2.07 bits per heavy atom.